The molecule has 0 aliphatic rings. The number of carbonyl (C=O) groups is 1. The number of hydrogen-bond acceptors (Lipinski definition) is 4. The van der Waals surface area contributed by atoms with Crippen LogP contribution in [0.3, 0.4) is 0 Å². The van der Waals surface area contributed by atoms with Gasteiger partial charge < -0.3 is 20.9 Å². The molecule has 0 spiro atoms. The Hall–Kier alpha value is -2.58. The summed E-state index contributed by atoms with van der Waals surface area (Å²) >= 11 is 0. The maximum Gasteiger partial charge on any atom is 0.416 e. The molecule has 0 heterocycles. The van der Waals surface area contributed by atoms with E-state index in [0.717, 1.165) is 12.1 Å². The fraction of sp³-hybridized carbons (Fsp3) is 0.316. The zero-order chi connectivity index (χ0) is 20.1. The molecule has 146 valence electrons. The standard InChI is InChI=1S/C19H21F3N2O3/c1-18(23,13-5-3-2-4-6-13)17(26)24-11-15(25)12-27-16-9-7-14(8-10-16)19(20,21)22/h2-10,15,25H,11-12,23H2,1H3,(H,24,26). The minimum atomic E-state index is -4.42. The zero-order valence-electron chi connectivity index (χ0n) is 14.7. The third kappa shape index (κ3) is 5.70. The monoisotopic (exact) mass is 382 g/mol. The van der Waals surface area contributed by atoms with Crippen LogP contribution in [0, 0.1) is 0 Å². The van der Waals surface area contributed by atoms with Crippen molar-refractivity contribution in [1.29, 1.82) is 0 Å². The second-order valence-corrected chi connectivity index (χ2v) is 6.27. The Morgan fingerprint density at radius 2 is 1.70 bits per heavy atom. The predicted molar refractivity (Wildman–Crippen MR) is 93.9 cm³/mol. The number of ether oxygens (including phenoxy) is 1. The summed E-state index contributed by atoms with van der Waals surface area (Å²) in [6.45, 7) is 1.25. The predicted octanol–water partition coefficient (Wildman–Crippen LogP) is 2.44. The van der Waals surface area contributed by atoms with Crippen LogP contribution in [-0.2, 0) is 16.5 Å². The largest absolute Gasteiger partial charge is 0.491 e. The van der Waals surface area contributed by atoms with Crippen molar-refractivity contribution in [3.8, 4) is 5.75 Å². The van der Waals surface area contributed by atoms with Crippen LogP contribution in [-0.4, -0.2) is 30.3 Å². The van der Waals surface area contributed by atoms with E-state index in [1.807, 2.05) is 0 Å². The first kappa shape index (κ1) is 20.7. The molecular formula is C19H21F3N2O3. The number of amides is 1. The van der Waals surface area contributed by atoms with Gasteiger partial charge in [-0.2, -0.15) is 13.2 Å². The minimum absolute atomic E-state index is 0.112. The first-order valence-electron chi connectivity index (χ1n) is 8.21. The van der Waals surface area contributed by atoms with Gasteiger partial charge in [0.25, 0.3) is 0 Å². The molecule has 2 rings (SSSR count). The van der Waals surface area contributed by atoms with Crippen molar-refractivity contribution in [2.45, 2.75) is 24.7 Å². The third-order valence-electron chi connectivity index (χ3n) is 3.97. The second kappa shape index (κ2) is 8.41. The molecular weight excluding hydrogens is 361 g/mol. The molecule has 0 aromatic heterocycles. The lowest BCUT2D eigenvalue weighted by Gasteiger charge is -2.25. The summed E-state index contributed by atoms with van der Waals surface area (Å²) in [4.78, 5) is 12.3. The van der Waals surface area contributed by atoms with Crippen molar-refractivity contribution >= 4 is 5.91 Å². The fourth-order valence-corrected chi connectivity index (χ4v) is 2.30. The van der Waals surface area contributed by atoms with Crippen molar-refractivity contribution in [3.63, 3.8) is 0 Å². The van der Waals surface area contributed by atoms with Gasteiger partial charge in [-0.25, -0.2) is 0 Å². The lowest BCUT2D eigenvalue weighted by Crippen LogP contribution is -2.51. The van der Waals surface area contributed by atoms with Gasteiger partial charge in [-0.3, -0.25) is 4.79 Å². The smallest absolute Gasteiger partial charge is 0.416 e. The number of rotatable bonds is 7. The summed E-state index contributed by atoms with van der Waals surface area (Å²) in [7, 11) is 0. The lowest BCUT2D eigenvalue weighted by atomic mass is 9.92. The molecule has 8 heteroatoms. The Kier molecular flexibility index (Phi) is 6.45. The van der Waals surface area contributed by atoms with E-state index in [1.54, 1.807) is 37.3 Å². The summed E-state index contributed by atoms with van der Waals surface area (Å²) in [5, 5.41) is 12.5. The summed E-state index contributed by atoms with van der Waals surface area (Å²) < 4.78 is 42.7. The van der Waals surface area contributed by atoms with E-state index in [1.165, 1.54) is 12.1 Å². The third-order valence-corrected chi connectivity index (χ3v) is 3.97. The average molecular weight is 382 g/mol. The number of aliphatic hydroxyl groups is 1. The van der Waals surface area contributed by atoms with Gasteiger partial charge in [-0.15, -0.1) is 0 Å². The molecule has 4 N–H and O–H groups in total. The van der Waals surface area contributed by atoms with Gasteiger partial charge in [0.15, 0.2) is 0 Å². The SMILES string of the molecule is CC(N)(C(=O)NCC(O)COc1ccc(C(F)(F)F)cc1)c1ccccc1. The Balaban J connectivity index is 1.82. The summed E-state index contributed by atoms with van der Waals surface area (Å²) in [6, 6.07) is 12.9. The van der Waals surface area contributed by atoms with Crippen molar-refractivity contribution in [3.05, 3.63) is 65.7 Å². The van der Waals surface area contributed by atoms with Crippen LogP contribution < -0.4 is 15.8 Å². The first-order valence-corrected chi connectivity index (χ1v) is 8.21. The Morgan fingerprint density at radius 3 is 2.26 bits per heavy atom. The van der Waals surface area contributed by atoms with Gasteiger partial charge >= 0.3 is 6.18 Å². The van der Waals surface area contributed by atoms with E-state index in [0.29, 0.717) is 5.56 Å². The zero-order valence-corrected chi connectivity index (χ0v) is 14.7. The van der Waals surface area contributed by atoms with Gasteiger partial charge in [0.1, 0.15) is 24.0 Å². The van der Waals surface area contributed by atoms with Gasteiger partial charge in [0.05, 0.1) is 5.56 Å². The van der Waals surface area contributed by atoms with Crippen LogP contribution in [0.15, 0.2) is 54.6 Å². The van der Waals surface area contributed by atoms with Crippen molar-refractivity contribution in [2.75, 3.05) is 13.2 Å². The molecule has 2 unspecified atom stereocenters. The number of carbonyl (C=O) groups excluding carboxylic acids is 1. The van der Waals surface area contributed by atoms with Crippen molar-refractivity contribution < 1.29 is 27.8 Å². The first-order chi connectivity index (χ1) is 12.6. The van der Waals surface area contributed by atoms with E-state index in [-0.39, 0.29) is 18.9 Å². The topological polar surface area (TPSA) is 84.6 Å². The van der Waals surface area contributed by atoms with Crippen LogP contribution in [0.5, 0.6) is 5.75 Å². The lowest BCUT2D eigenvalue weighted by molar-refractivity contribution is -0.137. The normalized spacial score (nSPS) is 14.9. The molecule has 0 fully saturated rings. The van der Waals surface area contributed by atoms with E-state index < -0.39 is 29.3 Å². The number of halogens is 3. The summed E-state index contributed by atoms with van der Waals surface area (Å²) in [6.07, 6.45) is -5.47. The highest BCUT2D eigenvalue weighted by atomic mass is 19.4. The van der Waals surface area contributed by atoms with E-state index in [4.69, 9.17) is 10.5 Å². The second-order valence-electron chi connectivity index (χ2n) is 6.27. The molecule has 0 saturated heterocycles. The Labute approximate surface area is 154 Å². The van der Waals surface area contributed by atoms with Crippen LogP contribution in [0.2, 0.25) is 0 Å². The summed E-state index contributed by atoms with van der Waals surface area (Å²) in [5.74, 6) is -0.288. The molecule has 0 bridgehead atoms. The Morgan fingerprint density at radius 1 is 1.11 bits per heavy atom. The molecule has 1 amide bonds. The van der Waals surface area contributed by atoms with E-state index in [9.17, 15) is 23.1 Å². The number of benzene rings is 2. The highest BCUT2D eigenvalue weighted by Crippen LogP contribution is 2.30. The molecule has 27 heavy (non-hydrogen) atoms. The molecule has 0 saturated carbocycles. The molecule has 0 aliphatic carbocycles. The fourth-order valence-electron chi connectivity index (χ4n) is 2.30. The molecule has 2 atom stereocenters. The van der Waals surface area contributed by atoms with Crippen LogP contribution in [0.4, 0.5) is 13.2 Å². The van der Waals surface area contributed by atoms with Gasteiger partial charge in [-0.05, 0) is 36.8 Å². The summed E-state index contributed by atoms with van der Waals surface area (Å²) in [5.41, 5.74) is 4.63. The number of nitrogens with two attached hydrogens (primary N) is 1. The number of nitrogens with one attached hydrogen (secondary N) is 1. The number of alkyl halides is 3. The molecule has 5 nitrogen and oxygen atoms in total. The van der Waals surface area contributed by atoms with Crippen LogP contribution >= 0.6 is 0 Å². The van der Waals surface area contributed by atoms with Crippen molar-refractivity contribution in [1.82, 2.24) is 5.32 Å². The molecule has 2 aromatic rings. The highest BCUT2D eigenvalue weighted by molar-refractivity contribution is 5.86. The minimum Gasteiger partial charge on any atom is -0.491 e. The maximum absolute atomic E-state index is 12.5. The number of aliphatic hydroxyl groups excluding tert-OH is 1. The van der Waals surface area contributed by atoms with E-state index in [2.05, 4.69) is 5.32 Å². The molecule has 0 radical (unpaired) electrons. The molecule has 0 aliphatic heterocycles. The Bertz CT molecular complexity index is 747. The van der Waals surface area contributed by atoms with Crippen LogP contribution in [0.25, 0.3) is 0 Å². The number of hydrogen-bond donors (Lipinski definition) is 3. The van der Waals surface area contributed by atoms with Gasteiger partial charge in [0.2, 0.25) is 5.91 Å². The van der Waals surface area contributed by atoms with E-state index >= 15 is 0 Å². The maximum atomic E-state index is 12.5. The van der Waals surface area contributed by atoms with Gasteiger partial charge in [-0.1, -0.05) is 30.3 Å². The van der Waals surface area contributed by atoms with Crippen molar-refractivity contribution in [2.24, 2.45) is 5.73 Å². The molecule has 2 aromatic carbocycles. The van der Waals surface area contributed by atoms with Crippen LogP contribution in [0.1, 0.15) is 18.1 Å². The van der Waals surface area contributed by atoms with Gasteiger partial charge in [0, 0.05) is 6.54 Å². The highest BCUT2D eigenvalue weighted by Gasteiger charge is 2.31. The average Bonchev–Trinajstić information content (AvgIpc) is 2.64. The quantitative estimate of drug-likeness (QED) is 0.687.